The third-order valence-corrected chi connectivity index (χ3v) is 2.65. The quantitative estimate of drug-likeness (QED) is 0.697. The van der Waals surface area contributed by atoms with Crippen molar-refractivity contribution in [3.05, 3.63) is 16.7 Å². The molecular formula is C8H10F2N2S. The Morgan fingerprint density at radius 3 is 2.62 bits per heavy atom. The molecule has 1 saturated carbocycles. The fourth-order valence-corrected chi connectivity index (χ4v) is 1.99. The molecular weight excluding hydrogens is 194 g/mol. The minimum atomic E-state index is -2.48. The smallest absolute Gasteiger partial charge is 0.252 e. The van der Waals surface area contributed by atoms with Crippen molar-refractivity contribution in [1.82, 2.24) is 9.55 Å². The molecule has 1 heterocycles. The fourth-order valence-electron chi connectivity index (χ4n) is 1.63. The lowest BCUT2D eigenvalue weighted by Crippen LogP contribution is -2.36. The molecule has 13 heavy (non-hydrogen) atoms. The summed E-state index contributed by atoms with van der Waals surface area (Å²) in [6, 6.07) is -0.118. The highest BCUT2D eigenvalue weighted by Gasteiger charge is 2.46. The first-order valence-electron chi connectivity index (χ1n) is 4.13. The highest BCUT2D eigenvalue weighted by Crippen LogP contribution is 2.45. The number of aromatic nitrogens is 2. The zero-order valence-electron chi connectivity index (χ0n) is 7.18. The number of nitrogens with zero attached hydrogens (tertiary/aromatic N) is 1. The van der Waals surface area contributed by atoms with Crippen LogP contribution in [0.15, 0.2) is 6.20 Å². The molecule has 1 aromatic heterocycles. The van der Waals surface area contributed by atoms with Gasteiger partial charge < -0.3 is 9.55 Å². The Kier molecular flexibility index (Phi) is 1.80. The minimum Gasteiger partial charge on any atom is -0.335 e. The Balaban J connectivity index is 2.20. The molecule has 0 aromatic carbocycles. The number of rotatable bonds is 1. The molecule has 1 fully saturated rings. The number of aromatic amines is 1. The summed E-state index contributed by atoms with van der Waals surface area (Å²) < 4.78 is 27.4. The number of H-pyrrole nitrogens is 1. The first kappa shape index (κ1) is 8.87. The minimum absolute atomic E-state index is 0.0847. The number of imidazole rings is 1. The Bertz CT molecular complexity index is 372. The predicted octanol–water partition coefficient (Wildman–Crippen LogP) is 2.82. The lowest BCUT2D eigenvalue weighted by atomic mass is 9.88. The Morgan fingerprint density at radius 1 is 1.62 bits per heavy atom. The molecule has 0 atom stereocenters. The second-order valence-electron chi connectivity index (χ2n) is 3.57. The first-order chi connectivity index (χ1) is 5.98. The van der Waals surface area contributed by atoms with Crippen molar-refractivity contribution in [2.45, 2.75) is 31.7 Å². The molecule has 2 rings (SSSR count). The van der Waals surface area contributed by atoms with Gasteiger partial charge in [-0.1, -0.05) is 0 Å². The van der Waals surface area contributed by atoms with Crippen molar-refractivity contribution < 1.29 is 8.78 Å². The van der Waals surface area contributed by atoms with E-state index in [1.807, 2.05) is 6.92 Å². The second-order valence-corrected chi connectivity index (χ2v) is 3.95. The molecule has 0 saturated heterocycles. The maximum Gasteiger partial charge on any atom is 0.252 e. The predicted molar refractivity (Wildman–Crippen MR) is 47.6 cm³/mol. The molecule has 5 heteroatoms. The lowest BCUT2D eigenvalue weighted by Gasteiger charge is -2.35. The topological polar surface area (TPSA) is 20.7 Å². The van der Waals surface area contributed by atoms with Gasteiger partial charge in [0.25, 0.3) is 5.92 Å². The zero-order chi connectivity index (χ0) is 9.64. The van der Waals surface area contributed by atoms with E-state index >= 15 is 0 Å². The van der Waals surface area contributed by atoms with Gasteiger partial charge in [-0.25, -0.2) is 8.78 Å². The van der Waals surface area contributed by atoms with Crippen molar-refractivity contribution in [2.24, 2.45) is 0 Å². The SMILES string of the molecule is Cc1cn(C2CC(F)(F)C2)c(=S)[nH]1. The van der Waals surface area contributed by atoms with Crippen molar-refractivity contribution in [1.29, 1.82) is 0 Å². The van der Waals surface area contributed by atoms with Crippen LogP contribution in [-0.4, -0.2) is 15.5 Å². The summed E-state index contributed by atoms with van der Waals surface area (Å²) in [5.41, 5.74) is 0.917. The van der Waals surface area contributed by atoms with Crippen LogP contribution in [-0.2, 0) is 0 Å². The molecule has 72 valence electrons. The van der Waals surface area contributed by atoms with Gasteiger partial charge >= 0.3 is 0 Å². The van der Waals surface area contributed by atoms with Crippen LogP contribution in [0.1, 0.15) is 24.6 Å². The van der Waals surface area contributed by atoms with E-state index in [4.69, 9.17) is 12.2 Å². The third kappa shape index (κ3) is 1.52. The second kappa shape index (κ2) is 2.64. The summed E-state index contributed by atoms with van der Waals surface area (Å²) in [6.45, 7) is 1.86. The molecule has 0 radical (unpaired) electrons. The van der Waals surface area contributed by atoms with E-state index < -0.39 is 5.92 Å². The van der Waals surface area contributed by atoms with E-state index in [0.29, 0.717) is 4.77 Å². The largest absolute Gasteiger partial charge is 0.335 e. The van der Waals surface area contributed by atoms with Crippen molar-refractivity contribution in [2.75, 3.05) is 0 Å². The van der Waals surface area contributed by atoms with Gasteiger partial charge in [0, 0.05) is 30.8 Å². The highest BCUT2D eigenvalue weighted by molar-refractivity contribution is 7.71. The van der Waals surface area contributed by atoms with Crippen molar-refractivity contribution in [3.8, 4) is 0 Å². The van der Waals surface area contributed by atoms with Gasteiger partial charge in [-0.15, -0.1) is 0 Å². The van der Waals surface area contributed by atoms with Crippen LogP contribution in [0.4, 0.5) is 8.78 Å². The molecule has 2 nitrogen and oxygen atoms in total. The molecule has 0 unspecified atom stereocenters. The molecule has 0 amide bonds. The van der Waals surface area contributed by atoms with E-state index in [9.17, 15) is 8.78 Å². The number of hydrogen-bond donors (Lipinski definition) is 1. The number of aryl methyl sites for hydroxylation is 1. The van der Waals surface area contributed by atoms with Gasteiger partial charge in [-0.2, -0.15) is 0 Å². The number of halogens is 2. The lowest BCUT2D eigenvalue weighted by molar-refractivity contribution is -0.104. The van der Waals surface area contributed by atoms with E-state index in [-0.39, 0.29) is 18.9 Å². The third-order valence-electron chi connectivity index (χ3n) is 2.33. The van der Waals surface area contributed by atoms with Gasteiger partial charge in [0.05, 0.1) is 0 Å². The highest BCUT2D eigenvalue weighted by atomic mass is 32.1. The Hall–Kier alpha value is -0.710. The molecule has 0 bridgehead atoms. The van der Waals surface area contributed by atoms with Crippen molar-refractivity contribution in [3.63, 3.8) is 0 Å². The maximum absolute atomic E-state index is 12.6. The summed E-state index contributed by atoms with van der Waals surface area (Å²) in [7, 11) is 0. The number of hydrogen-bond acceptors (Lipinski definition) is 1. The fraction of sp³-hybridized carbons (Fsp3) is 0.625. The first-order valence-corrected chi connectivity index (χ1v) is 4.54. The zero-order valence-corrected chi connectivity index (χ0v) is 8.00. The Morgan fingerprint density at radius 2 is 2.23 bits per heavy atom. The molecule has 1 N–H and O–H groups in total. The van der Waals surface area contributed by atoms with E-state index in [2.05, 4.69) is 4.98 Å². The molecule has 1 aromatic rings. The summed E-state index contributed by atoms with van der Waals surface area (Å²) in [5, 5.41) is 0. The van der Waals surface area contributed by atoms with Crippen LogP contribution >= 0.6 is 12.2 Å². The van der Waals surface area contributed by atoms with Crippen LogP contribution in [0.25, 0.3) is 0 Å². The number of nitrogens with one attached hydrogen (secondary N) is 1. The molecule has 0 aliphatic heterocycles. The van der Waals surface area contributed by atoms with E-state index in [1.54, 1.807) is 10.8 Å². The molecule has 0 spiro atoms. The standard InChI is InChI=1S/C8H10F2N2S/c1-5-4-12(7(13)11-5)6-2-8(9,10)3-6/h4,6H,2-3H2,1H3,(H,11,13). The monoisotopic (exact) mass is 204 g/mol. The van der Waals surface area contributed by atoms with E-state index in [1.165, 1.54) is 0 Å². The average Bonchev–Trinajstić information content (AvgIpc) is 2.24. The van der Waals surface area contributed by atoms with Crippen molar-refractivity contribution >= 4 is 12.2 Å². The normalized spacial score (nSPS) is 21.5. The van der Waals surface area contributed by atoms with Gasteiger partial charge in [-0.3, -0.25) is 0 Å². The average molecular weight is 204 g/mol. The van der Waals surface area contributed by atoms with Crippen LogP contribution in [0.5, 0.6) is 0 Å². The van der Waals surface area contributed by atoms with Gasteiger partial charge in [0.1, 0.15) is 0 Å². The van der Waals surface area contributed by atoms with Crippen LogP contribution in [0.2, 0.25) is 0 Å². The number of alkyl halides is 2. The van der Waals surface area contributed by atoms with Gasteiger partial charge in [0.2, 0.25) is 0 Å². The van der Waals surface area contributed by atoms with Crippen LogP contribution < -0.4 is 0 Å². The molecule has 1 aliphatic rings. The Labute approximate surface area is 79.6 Å². The summed E-state index contributed by atoms with van der Waals surface area (Å²) in [4.78, 5) is 2.92. The van der Waals surface area contributed by atoms with Gasteiger partial charge in [0.15, 0.2) is 4.77 Å². The van der Waals surface area contributed by atoms with Crippen LogP contribution in [0, 0.1) is 11.7 Å². The summed E-state index contributed by atoms with van der Waals surface area (Å²) in [6.07, 6.45) is 1.62. The summed E-state index contributed by atoms with van der Waals surface area (Å²) >= 11 is 4.99. The summed E-state index contributed by atoms with van der Waals surface area (Å²) in [5.74, 6) is -2.48. The maximum atomic E-state index is 12.6. The van der Waals surface area contributed by atoms with E-state index in [0.717, 1.165) is 5.69 Å². The van der Waals surface area contributed by atoms with Gasteiger partial charge in [-0.05, 0) is 19.1 Å². The van der Waals surface area contributed by atoms with Crippen LogP contribution in [0.3, 0.4) is 0 Å². The molecule has 1 aliphatic carbocycles.